The van der Waals surface area contributed by atoms with Crippen LogP contribution < -0.4 is 0 Å². The number of β-amino-alcohol motifs (C(OH)–C–C–N with tert-alkyl or cyclic N) is 1. The van der Waals surface area contributed by atoms with Gasteiger partial charge in [0.1, 0.15) is 0 Å². The summed E-state index contributed by atoms with van der Waals surface area (Å²) in [5.41, 5.74) is 0.128. The molecule has 0 radical (unpaired) electrons. The van der Waals surface area contributed by atoms with Gasteiger partial charge in [0.25, 0.3) is 11.6 Å². The maximum Gasteiger partial charge on any atom is 0.284 e. The molecule has 0 spiro atoms. The maximum absolute atomic E-state index is 12.3. The zero-order valence-electron chi connectivity index (χ0n) is 11.0. The zero-order valence-corrected chi connectivity index (χ0v) is 12.5. The summed E-state index contributed by atoms with van der Waals surface area (Å²) >= 11 is 3.09. The van der Waals surface area contributed by atoms with Gasteiger partial charge in [-0.15, -0.1) is 0 Å². The molecular weight excluding hydrogens is 328 g/mol. The monoisotopic (exact) mass is 342 g/mol. The first-order valence-corrected chi connectivity index (χ1v) is 7.10. The Hall–Kier alpha value is -1.47. The minimum Gasteiger partial charge on any atom is -0.391 e. The molecule has 1 amide bonds. The highest BCUT2D eigenvalue weighted by molar-refractivity contribution is 9.10. The summed E-state index contributed by atoms with van der Waals surface area (Å²) in [6.45, 7) is 2.77. The summed E-state index contributed by atoms with van der Waals surface area (Å²) in [5, 5.41) is 20.7. The number of aliphatic hydroxyl groups is 1. The maximum atomic E-state index is 12.3. The molecule has 0 aliphatic carbocycles. The number of hydrogen-bond donors (Lipinski definition) is 1. The fraction of sp³-hybridized carbons (Fsp3) is 0.462. The van der Waals surface area contributed by atoms with Gasteiger partial charge >= 0.3 is 0 Å². The Morgan fingerprint density at radius 2 is 2.25 bits per heavy atom. The number of aliphatic hydroxyl groups excluding tert-OH is 1. The number of nitro benzene ring substituents is 1. The van der Waals surface area contributed by atoms with Crippen molar-refractivity contribution in [3.05, 3.63) is 38.3 Å². The molecule has 1 heterocycles. The minimum atomic E-state index is -0.543. The second-order valence-corrected chi connectivity index (χ2v) is 5.86. The minimum absolute atomic E-state index is 0.137. The van der Waals surface area contributed by atoms with E-state index >= 15 is 0 Å². The van der Waals surface area contributed by atoms with Crippen molar-refractivity contribution in [3.63, 3.8) is 0 Å². The van der Waals surface area contributed by atoms with E-state index in [2.05, 4.69) is 15.9 Å². The van der Waals surface area contributed by atoms with E-state index in [1.807, 2.05) is 6.92 Å². The van der Waals surface area contributed by atoms with Gasteiger partial charge in [-0.3, -0.25) is 14.9 Å². The van der Waals surface area contributed by atoms with Crippen molar-refractivity contribution in [2.75, 3.05) is 13.1 Å². The molecule has 1 N–H and O–H groups in total. The first-order chi connectivity index (χ1) is 9.40. The predicted octanol–water partition coefficient (Wildman–Crippen LogP) is 2.20. The highest BCUT2D eigenvalue weighted by Crippen LogP contribution is 2.27. The smallest absolute Gasteiger partial charge is 0.284 e. The van der Waals surface area contributed by atoms with Crippen molar-refractivity contribution in [2.24, 2.45) is 5.92 Å². The molecular formula is C13H15BrN2O4. The second kappa shape index (κ2) is 5.88. The van der Waals surface area contributed by atoms with Crippen LogP contribution in [0.3, 0.4) is 0 Å². The number of carbonyl (C=O) groups is 1. The summed E-state index contributed by atoms with van der Waals surface area (Å²) < 4.78 is 0.339. The second-order valence-electron chi connectivity index (χ2n) is 5.01. The van der Waals surface area contributed by atoms with Crippen molar-refractivity contribution in [1.82, 2.24) is 4.90 Å². The number of carbonyl (C=O) groups excluding carboxylic acids is 1. The van der Waals surface area contributed by atoms with Crippen LogP contribution in [0.1, 0.15) is 23.7 Å². The lowest BCUT2D eigenvalue weighted by Crippen LogP contribution is -2.45. The van der Waals surface area contributed by atoms with E-state index in [4.69, 9.17) is 0 Å². The largest absolute Gasteiger partial charge is 0.391 e. The van der Waals surface area contributed by atoms with Crippen LogP contribution >= 0.6 is 15.9 Å². The van der Waals surface area contributed by atoms with Crippen molar-refractivity contribution in [2.45, 2.75) is 19.4 Å². The van der Waals surface area contributed by atoms with Crippen LogP contribution in [0.5, 0.6) is 0 Å². The van der Waals surface area contributed by atoms with Gasteiger partial charge in [0, 0.05) is 24.7 Å². The van der Waals surface area contributed by atoms with Crippen molar-refractivity contribution in [3.8, 4) is 0 Å². The van der Waals surface area contributed by atoms with Crippen LogP contribution in [-0.4, -0.2) is 40.0 Å². The van der Waals surface area contributed by atoms with Gasteiger partial charge < -0.3 is 10.0 Å². The van der Waals surface area contributed by atoms with E-state index in [0.717, 1.165) is 6.42 Å². The average molecular weight is 343 g/mol. The molecule has 0 aromatic heterocycles. The predicted molar refractivity (Wildman–Crippen MR) is 76.5 cm³/mol. The number of likely N-dealkylation sites (tertiary alicyclic amines) is 1. The summed E-state index contributed by atoms with van der Waals surface area (Å²) in [6, 6.07) is 4.30. The molecule has 6 nitrogen and oxygen atoms in total. The number of hydrogen-bond acceptors (Lipinski definition) is 4. The van der Waals surface area contributed by atoms with E-state index in [0.29, 0.717) is 11.0 Å². The third-order valence-corrected chi connectivity index (χ3v) is 4.27. The highest BCUT2D eigenvalue weighted by Gasteiger charge is 2.28. The molecule has 0 bridgehead atoms. The van der Waals surface area contributed by atoms with E-state index in [1.54, 1.807) is 6.07 Å². The van der Waals surface area contributed by atoms with E-state index < -0.39 is 11.0 Å². The lowest BCUT2D eigenvalue weighted by molar-refractivity contribution is -0.385. The van der Waals surface area contributed by atoms with Crippen molar-refractivity contribution < 1.29 is 14.8 Å². The third kappa shape index (κ3) is 2.99. The van der Waals surface area contributed by atoms with E-state index in [1.165, 1.54) is 17.0 Å². The quantitative estimate of drug-likeness (QED) is 0.659. The average Bonchev–Trinajstić information content (AvgIpc) is 2.41. The van der Waals surface area contributed by atoms with Gasteiger partial charge in [-0.25, -0.2) is 0 Å². The molecule has 1 aliphatic heterocycles. The Kier molecular flexibility index (Phi) is 4.39. The van der Waals surface area contributed by atoms with Gasteiger partial charge in [-0.2, -0.15) is 0 Å². The molecule has 1 fully saturated rings. The molecule has 2 atom stereocenters. The Bertz CT molecular complexity index is 549. The van der Waals surface area contributed by atoms with Crippen LogP contribution in [0.25, 0.3) is 0 Å². The van der Waals surface area contributed by atoms with E-state index in [9.17, 15) is 20.0 Å². The van der Waals surface area contributed by atoms with E-state index in [-0.39, 0.29) is 29.6 Å². The molecule has 2 rings (SSSR count). The SMILES string of the molecule is CC1CCN(C(=O)c2ccc(Br)c([N+](=O)[O-])c2)CC1O. The van der Waals surface area contributed by atoms with Crippen molar-refractivity contribution >= 4 is 27.5 Å². The lowest BCUT2D eigenvalue weighted by Gasteiger charge is -2.34. The molecule has 1 aliphatic rings. The molecule has 20 heavy (non-hydrogen) atoms. The highest BCUT2D eigenvalue weighted by atomic mass is 79.9. The number of piperidine rings is 1. The van der Waals surface area contributed by atoms with Crippen LogP contribution in [0.4, 0.5) is 5.69 Å². The molecule has 1 aromatic rings. The first-order valence-electron chi connectivity index (χ1n) is 6.31. The Labute approximate surface area is 124 Å². The van der Waals surface area contributed by atoms with Crippen LogP contribution in [0, 0.1) is 16.0 Å². The molecule has 1 saturated heterocycles. The summed E-state index contributed by atoms with van der Waals surface area (Å²) in [6.07, 6.45) is 0.184. The molecule has 0 saturated carbocycles. The fourth-order valence-electron chi connectivity index (χ4n) is 2.20. The Morgan fingerprint density at radius 3 is 2.85 bits per heavy atom. The summed E-state index contributed by atoms with van der Waals surface area (Å²) in [7, 11) is 0. The fourth-order valence-corrected chi connectivity index (χ4v) is 2.59. The van der Waals surface area contributed by atoms with Gasteiger partial charge in [0.2, 0.25) is 0 Å². The standard InChI is InChI=1S/C13H15BrN2O4/c1-8-4-5-15(7-12(8)17)13(18)9-2-3-10(14)11(6-9)16(19)20/h2-3,6,8,12,17H,4-5,7H2,1H3. The third-order valence-electron chi connectivity index (χ3n) is 3.60. The van der Waals surface area contributed by atoms with Gasteiger partial charge in [0.15, 0.2) is 0 Å². The zero-order chi connectivity index (χ0) is 14.9. The first kappa shape index (κ1) is 14.9. The number of benzene rings is 1. The number of amides is 1. The van der Waals surface area contributed by atoms with Gasteiger partial charge in [0.05, 0.1) is 15.5 Å². The Balaban J connectivity index is 2.21. The van der Waals surface area contributed by atoms with Crippen LogP contribution in [0.2, 0.25) is 0 Å². The lowest BCUT2D eigenvalue weighted by atomic mass is 9.95. The van der Waals surface area contributed by atoms with Gasteiger partial charge in [-0.1, -0.05) is 6.92 Å². The van der Waals surface area contributed by atoms with Crippen LogP contribution in [-0.2, 0) is 0 Å². The molecule has 2 unspecified atom stereocenters. The normalized spacial score (nSPS) is 22.6. The number of nitrogens with zero attached hydrogens (tertiary/aromatic N) is 2. The summed E-state index contributed by atoms with van der Waals surface area (Å²) in [4.78, 5) is 24.2. The van der Waals surface area contributed by atoms with Gasteiger partial charge in [-0.05, 0) is 40.4 Å². The van der Waals surface area contributed by atoms with Crippen LogP contribution in [0.15, 0.2) is 22.7 Å². The topological polar surface area (TPSA) is 83.7 Å². The molecule has 1 aromatic carbocycles. The summed E-state index contributed by atoms with van der Waals surface area (Å²) in [5.74, 6) is -0.121. The van der Waals surface area contributed by atoms with Crippen molar-refractivity contribution in [1.29, 1.82) is 0 Å². The molecule has 108 valence electrons. The Morgan fingerprint density at radius 1 is 1.55 bits per heavy atom. The number of nitro groups is 1. The number of halogens is 1. The molecule has 7 heteroatoms. The number of rotatable bonds is 2.